The lowest BCUT2D eigenvalue weighted by atomic mass is 10.3. The molecule has 0 saturated heterocycles. The predicted octanol–water partition coefficient (Wildman–Crippen LogP) is -0.305. The maximum absolute atomic E-state index is 10.7. The Hall–Kier alpha value is -1.97. The highest BCUT2D eigenvalue weighted by atomic mass is 16.6. The van der Waals surface area contributed by atoms with Crippen LogP contribution >= 0.6 is 0 Å². The van der Waals surface area contributed by atoms with Gasteiger partial charge in [0.05, 0.1) is 36.3 Å². The minimum Gasteiger partial charge on any atom is -0.394 e. The molecule has 1 heterocycles. The van der Waals surface area contributed by atoms with E-state index in [0.717, 1.165) is 0 Å². The minimum absolute atomic E-state index is 0.154. The van der Waals surface area contributed by atoms with E-state index in [-0.39, 0.29) is 30.5 Å². The van der Waals surface area contributed by atoms with Crippen molar-refractivity contribution >= 4 is 17.3 Å². The Morgan fingerprint density at radius 2 is 2.28 bits per heavy atom. The molecule has 0 amide bonds. The monoisotopic (exact) mass is 257 g/mol. The minimum atomic E-state index is -0.558. The lowest BCUT2D eigenvalue weighted by Crippen LogP contribution is -2.29. The van der Waals surface area contributed by atoms with Gasteiger partial charge in [0.15, 0.2) is 0 Å². The zero-order valence-electron chi connectivity index (χ0n) is 9.79. The van der Waals surface area contributed by atoms with Crippen LogP contribution in [0.5, 0.6) is 0 Å². The maximum Gasteiger partial charge on any atom is 0.276 e. The van der Waals surface area contributed by atoms with Crippen LogP contribution in [0.15, 0.2) is 12.1 Å². The molecule has 1 aromatic heterocycles. The molecule has 0 aromatic carbocycles. The fraction of sp³-hybridized carbons (Fsp3) is 0.444. The molecule has 0 saturated carbocycles. The first-order chi connectivity index (χ1) is 8.60. The first kappa shape index (κ1) is 14.1. The molecule has 0 fully saturated rings. The zero-order chi connectivity index (χ0) is 13.5. The van der Waals surface area contributed by atoms with Gasteiger partial charge in [0, 0.05) is 7.11 Å². The zero-order valence-corrected chi connectivity index (χ0v) is 9.79. The van der Waals surface area contributed by atoms with Crippen LogP contribution in [0.25, 0.3) is 0 Å². The number of aromatic nitrogens is 1. The molecular formula is C9H15N5O4. The summed E-state index contributed by atoms with van der Waals surface area (Å²) in [7, 11) is 1.48. The molecule has 1 aromatic rings. The normalized spacial score (nSPS) is 11.9. The van der Waals surface area contributed by atoms with E-state index in [1.807, 2.05) is 0 Å². The smallest absolute Gasteiger partial charge is 0.276 e. The second-order valence-corrected chi connectivity index (χ2v) is 3.48. The second kappa shape index (κ2) is 6.69. The van der Waals surface area contributed by atoms with Crippen LogP contribution < -0.4 is 16.6 Å². The molecule has 1 atom stereocenters. The van der Waals surface area contributed by atoms with Crippen molar-refractivity contribution < 1.29 is 14.8 Å². The number of aliphatic hydroxyl groups is 1. The number of rotatable bonds is 7. The fourth-order valence-corrected chi connectivity index (χ4v) is 1.32. The van der Waals surface area contributed by atoms with Crippen molar-refractivity contribution in [1.82, 2.24) is 4.98 Å². The summed E-state index contributed by atoms with van der Waals surface area (Å²) in [6.07, 6.45) is 0. The summed E-state index contributed by atoms with van der Waals surface area (Å²) >= 11 is 0. The van der Waals surface area contributed by atoms with Crippen molar-refractivity contribution in [3.63, 3.8) is 0 Å². The highest BCUT2D eigenvalue weighted by Gasteiger charge is 2.13. The average molecular weight is 257 g/mol. The number of methoxy groups -OCH3 is 1. The van der Waals surface area contributed by atoms with Gasteiger partial charge in [-0.05, 0) is 0 Å². The Kier molecular flexibility index (Phi) is 5.24. The summed E-state index contributed by atoms with van der Waals surface area (Å²) < 4.78 is 4.88. The molecule has 1 rings (SSSR count). The Bertz CT molecular complexity index is 414. The summed E-state index contributed by atoms with van der Waals surface area (Å²) in [6.45, 7) is 0.0514. The number of hydrogen-bond acceptors (Lipinski definition) is 8. The highest BCUT2D eigenvalue weighted by molar-refractivity contribution is 5.54. The van der Waals surface area contributed by atoms with Gasteiger partial charge in [-0.3, -0.25) is 10.1 Å². The Balaban J connectivity index is 2.93. The first-order valence-electron chi connectivity index (χ1n) is 5.10. The van der Waals surface area contributed by atoms with E-state index in [9.17, 15) is 10.1 Å². The third kappa shape index (κ3) is 3.80. The quantitative estimate of drug-likeness (QED) is 0.297. The van der Waals surface area contributed by atoms with Gasteiger partial charge < -0.3 is 20.6 Å². The van der Waals surface area contributed by atoms with Gasteiger partial charge in [-0.15, -0.1) is 0 Å². The van der Waals surface area contributed by atoms with E-state index in [2.05, 4.69) is 15.7 Å². The van der Waals surface area contributed by atoms with Crippen molar-refractivity contribution in [3.05, 3.63) is 22.2 Å². The maximum atomic E-state index is 10.7. The molecule has 1 unspecified atom stereocenters. The SMILES string of the molecule is COCC(CO)Nc1cc([N+](=O)[O-])cc(NN)n1. The molecule has 0 aliphatic carbocycles. The number of hydrogen-bond donors (Lipinski definition) is 4. The lowest BCUT2D eigenvalue weighted by molar-refractivity contribution is -0.384. The van der Waals surface area contributed by atoms with E-state index in [4.69, 9.17) is 15.7 Å². The number of pyridine rings is 1. The van der Waals surface area contributed by atoms with E-state index in [0.29, 0.717) is 0 Å². The van der Waals surface area contributed by atoms with Crippen LogP contribution in [-0.2, 0) is 4.74 Å². The van der Waals surface area contributed by atoms with E-state index < -0.39 is 11.0 Å². The van der Waals surface area contributed by atoms with Gasteiger partial charge in [-0.1, -0.05) is 0 Å². The molecule has 0 radical (unpaired) electrons. The third-order valence-electron chi connectivity index (χ3n) is 2.11. The highest BCUT2D eigenvalue weighted by Crippen LogP contribution is 2.20. The summed E-state index contributed by atoms with van der Waals surface area (Å²) in [6, 6.07) is 2.05. The molecule has 9 nitrogen and oxygen atoms in total. The van der Waals surface area contributed by atoms with Crippen molar-refractivity contribution in [3.8, 4) is 0 Å². The van der Waals surface area contributed by atoms with Crippen LogP contribution in [0.4, 0.5) is 17.3 Å². The first-order valence-corrected chi connectivity index (χ1v) is 5.10. The molecule has 0 bridgehead atoms. The average Bonchev–Trinajstić information content (AvgIpc) is 2.37. The standard InChI is InChI=1S/C9H15N5O4/c1-18-5-6(4-15)11-8-2-7(14(16)17)3-9(12-8)13-10/h2-3,6,15H,4-5,10H2,1H3,(H2,11,12,13). The van der Waals surface area contributed by atoms with Crippen LogP contribution in [0.1, 0.15) is 0 Å². The number of aliphatic hydroxyl groups excluding tert-OH is 1. The largest absolute Gasteiger partial charge is 0.394 e. The van der Waals surface area contributed by atoms with Crippen molar-refractivity contribution in [2.45, 2.75) is 6.04 Å². The summed E-state index contributed by atoms with van der Waals surface area (Å²) in [5.41, 5.74) is 2.08. The number of nitrogen functional groups attached to an aromatic ring is 1. The van der Waals surface area contributed by atoms with Crippen molar-refractivity contribution in [2.24, 2.45) is 5.84 Å². The number of nitrogens with one attached hydrogen (secondary N) is 2. The molecule has 0 spiro atoms. The van der Waals surface area contributed by atoms with Gasteiger partial charge >= 0.3 is 0 Å². The molecule has 5 N–H and O–H groups in total. The van der Waals surface area contributed by atoms with Crippen LogP contribution in [-0.4, -0.2) is 41.4 Å². The lowest BCUT2D eigenvalue weighted by Gasteiger charge is -2.16. The van der Waals surface area contributed by atoms with Gasteiger partial charge in [-0.2, -0.15) is 0 Å². The Morgan fingerprint density at radius 3 is 2.78 bits per heavy atom. The van der Waals surface area contributed by atoms with Gasteiger partial charge in [0.25, 0.3) is 5.69 Å². The molecule has 100 valence electrons. The fourth-order valence-electron chi connectivity index (χ4n) is 1.32. The molecule has 0 aliphatic heterocycles. The van der Waals surface area contributed by atoms with Crippen LogP contribution in [0, 0.1) is 10.1 Å². The molecular weight excluding hydrogens is 242 g/mol. The predicted molar refractivity (Wildman–Crippen MR) is 65.1 cm³/mol. The van der Waals surface area contributed by atoms with Crippen LogP contribution in [0.3, 0.4) is 0 Å². The number of nitrogens with two attached hydrogens (primary N) is 1. The number of ether oxygens (including phenoxy) is 1. The van der Waals surface area contributed by atoms with Crippen molar-refractivity contribution in [2.75, 3.05) is 31.1 Å². The summed E-state index contributed by atoms with van der Waals surface area (Å²) in [4.78, 5) is 14.1. The Morgan fingerprint density at radius 1 is 1.61 bits per heavy atom. The second-order valence-electron chi connectivity index (χ2n) is 3.48. The molecule has 0 aliphatic rings. The van der Waals surface area contributed by atoms with Gasteiger partial charge in [0.1, 0.15) is 11.6 Å². The van der Waals surface area contributed by atoms with E-state index >= 15 is 0 Å². The summed E-state index contributed by atoms with van der Waals surface area (Å²) in [5, 5.41) is 22.6. The number of anilines is 2. The number of nitro groups is 1. The Labute approximate surface area is 103 Å². The number of hydrazine groups is 1. The van der Waals surface area contributed by atoms with E-state index in [1.54, 1.807) is 0 Å². The van der Waals surface area contributed by atoms with Gasteiger partial charge in [0.2, 0.25) is 0 Å². The third-order valence-corrected chi connectivity index (χ3v) is 2.11. The molecule has 18 heavy (non-hydrogen) atoms. The molecule has 9 heteroatoms. The van der Waals surface area contributed by atoms with E-state index in [1.165, 1.54) is 19.2 Å². The van der Waals surface area contributed by atoms with Crippen molar-refractivity contribution in [1.29, 1.82) is 0 Å². The number of nitrogens with zero attached hydrogens (tertiary/aromatic N) is 2. The van der Waals surface area contributed by atoms with Crippen LogP contribution in [0.2, 0.25) is 0 Å². The topological polar surface area (TPSA) is 136 Å². The summed E-state index contributed by atoms with van der Waals surface area (Å²) in [5.74, 6) is 5.56. The van der Waals surface area contributed by atoms with Gasteiger partial charge in [-0.25, -0.2) is 10.8 Å².